The Morgan fingerprint density at radius 3 is 2.75 bits per heavy atom. The first-order valence-corrected chi connectivity index (χ1v) is 12.4. The first-order chi connectivity index (χ1) is 15.6. The quantitative estimate of drug-likeness (QED) is 0.355. The SMILES string of the molecule is CC(C)c1ccccc1-n1c(SCC(=O)NCCc2cccs2)nnc1-c1cccnc1. The number of carbonyl (C=O) groups is 1. The van der Waals surface area contributed by atoms with Crippen LogP contribution in [0, 0.1) is 0 Å². The zero-order chi connectivity index (χ0) is 22.3. The summed E-state index contributed by atoms with van der Waals surface area (Å²) in [5.41, 5.74) is 3.09. The number of para-hydroxylation sites is 1. The summed E-state index contributed by atoms with van der Waals surface area (Å²) >= 11 is 3.10. The van der Waals surface area contributed by atoms with E-state index in [0.717, 1.165) is 17.7 Å². The normalized spacial score (nSPS) is 11.1. The molecule has 0 saturated carbocycles. The molecule has 0 aliphatic heterocycles. The van der Waals surface area contributed by atoms with Gasteiger partial charge in [-0.15, -0.1) is 21.5 Å². The van der Waals surface area contributed by atoms with Gasteiger partial charge in [0, 0.05) is 29.4 Å². The molecule has 0 atom stereocenters. The predicted octanol–water partition coefficient (Wildman–Crippen LogP) is 4.97. The highest BCUT2D eigenvalue weighted by atomic mass is 32.2. The van der Waals surface area contributed by atoms with E-state index in [0.29, 0.717) is 23.4 Å². The lowest BCUT2D eigenvalue weighted by Gasteiger charge is -2.16. The van der Waals surface area contributed by atoms with Gasteiger partial charge >= 0.3 is 0 Å². The first kappa shape index (κ1) is 22.2. The monoisotopic (exact) mass is 463 g/mol. The van der Waals surface area contributed by atoms with Gasteiger partial charge in [0.25, 0.3) is 0 Å². The van der Waals surface area contributed by atoms with Crippen molar-refractivity contribution in [1.29, 1.82) is 0 Å². The summed E-state index contributed by atoms with van der Waals surface area (Å²) in [6.07, 6.45) is 4.36. The van der Waals surface area contributed by atoms with Crippen LogP contribution in [0.15, 0.2) is 71.5 Å². The van der Waals surface area contributed by atoms with Gasteiger partial charge in [-0.2, -0.15) is 0 Å². The molecule has 0 saturated heterocycles. The van der Waals surface area contributed by atoms with Gasteiger partial charge < -0.3 is 5.32 Å². The fraction of sp³-hybridized carbons (Fsp3) is 0.250. The van der Waals surface area contributed by atoms with Crippen molar-refractivity contribution in [3.05, 3.63) is 76.7 Å². The Morgan fingerprint density at radius 1 is 1.12 bits per heavy atom. The van der Waals surface area contributed by atoms with Crippen molar-refractivity contribution in [2.24, 2.45) is 0 Å². The molecule has 164 valence electrons. The van der Waals surface area contributed by atoms with Crippen LogP contribution in [-0.2, 0) is 11.2 Å². The summed E-state index contributed by atoms with van der Waals surface area (Å²) in [6, 6.07) is 16.2. The van der Waals surface area contributed by atoms with Crippen LogP contribution in [-0.4, -0.2) is 38.0 Å². The van der Waals surface area contributed by atoms with Crippen LogP contribution in [0.25, 0.3) is 17.1 Å². The topological polar surface area (TPSA) is 72.7 Å². The van der Waals surface area contributed by atoms with E-state index < -0.39 is 0 Å². The largest absolute Gasteiger partial charge is 0.355 e. The van der Waals surface area contributed by atoms with Gasteiger partial charge in [0.1, 0.15) is 0 Å². The molecule has 0 radical (unpaired) electrons. The Balaban J connectivity index is 1.56. The van der Waals surface area contributed by atoms with Crippen molar-refractivity contribution in [2.75, 3.05) is 12.3 Å². The summed E-state index contributed by atoms with van der Waals surface area (Å²) in [5.74, 6) is 1.31. The van der Waals surface area contributed by atoms with Crippen LogP contribution >= 0.6 is 23.1 Å². The number of rotatable bonds is 9. The smallest absolute Gasteiger partial charge is 0.230 e. The molecule has 3 aromatic heterocycles. The van der Waals surface area contributed by atoms with Gasteiger partial charge in [0.15, 0.2) is 11.0 Å². The van der Waals surface area contributed by atoms with E-state index in [1.54, 1.807) is 23.7 Å². The average molecular weight is 464 g/mol. The lowest BCUT2D eigenvalue weighted by Crippen LogP contribution is -2.27. The third kappa shape index (κ3) is 5.26. The van der Waals surface area contributed by atoms with Crippen molar-refractivity contribution in [2.45, 2.75) is 31.3 Å². The third-order valence-electron chi connectivity index (χ3n) is 4.96. The fourth-order valence-electron chi connectivity index (χ4n) is 3.40. The second-order valence-electron chi connectivity index (χ2n) is 7.56. The lowest BCUT2D eigenvalue weighted by molar-refractivity contribution is -0.118. The van der Waals surface area contributed by atoms with Crippen molar-refractivity contribution in [1.82, 2.24) is 25.1 Å². The van der Waals surface area contributed by atoms with E-state index in [1.807, 2.05) is 34.9 Å². The summed E-state index contributed by atoms with van der Waals surface area (Å²) < 4.78 is 2.04. The molecule has 8 heteroatoms. The number of hydrogen-bond donors (Lipinski definition) is 1. The maximum absolute atomic E-state index is 12.4. The standard InChI is InChI=1S/C24H25N5OS2/c1-17(2)20-9-3-4-10-21(20)29-23(18-7-5-12-25-15-18)27-28-24(29)32-16-22(30)26-13-11-19-8-6-14-31-19/h3-10,12,14-15,17H,11,13,16H2,1-2H3,(H,26,30). The minimum absolute atomic E-state index is 0.0128. The molecule has 4 aromatic rings. The van der Waals surface area contributed by atoms with E-state index in [2.05, 4.69) is 57.9 Å². The highest BCUT2D eigenvalue weighted by Gasteiger charge is 2.20. The highest BCUT2D eigenvalue weighted by molar-refractivity contribution is 7.99. The number of carbonyl (C=O) groups excluding carboxylic acids is 1. The predicted molar refractivity (Wildman–Crippen MR) is 130 cm³/mol. The number of nitrogens with zero attached hydrogens (tertiary/aromatic N) is 4. The van der Waals surface area contributed by atoms with E-state index in [-0.39, 0.29) is 11.7 Å². The van der Waals surface area contributed by atoms with E-state index in [9.17, 15) is 4.79 Å². The van der Waals surface area contributed by atoms with Gasteiger partial charge in [-0.05, 0) is 47.5 Å². The van der Waals surface area contributed by atoms with Crippen molar-refractivity contribution in [3.63, 3.8) is 0 Å². The Labute approximate surface area is 196 Å². The van der Waals surface area contributed by atoms with Crippen molar-refractivity contribution >= 4 is 29.0 Å². The number of thiophene rings is 1. The molecule has 1 N–H and O–H groups in total. The van der Waals surface area contributed by atoms with Crippen LogP contribution in [0.4, 0.5) is 0 Å². The summed E-state index contributed by atoms with van der Waals surface area (Å²) in [6.45, 7) is 4.96. The van der Waals surface area contributed by atoms with Crippen molar-refractivity contribution < 1.29 is 4.79 Å². The molecule has 0 bridgehead atoms. The Hall–Kier alpha value is -2.97. The van der Waals surface area contributed by atoms with E-state index >= 15 is 0 Å². The molecular formula is C24H25N5OS2. The average Bonchev–Trinajstić information content (AvgIpc) is 3.48. The van der Waals surface area contributed by atoms with Crippen LogP contribution in [0.1, 0.15) is 30.2 Å². The Morgan fingerprint density at radius 2 is 2.00 bits per heavy atom. The number of nitrogens with one attached hydrogen (secondary N) is 1. The summed E-state index contributed by atoms with van der Waals surface area (Å²) in [5, 5.41) is 14.6. The molecule has 1 aromatic carbocycles. The molecule has 32 heavy (non-hydrogen) atoms. The minimum atomic E-state index is -0.0128. The van der Waals surface area contributed by atoms with Crippen LogP contribution in [0.3, 0.4) is 0 Å². The van der Waals surface area contributed by atoms with Gasteiger partial charge in [0.2, 0.25) is 5.91 Å². The molecule has 3 heterocycles. The molecule has 0 spiro atoms. The number of pyridine rings is 1. The minimum Gasteiger partial charge on any atom is -0.355 e. The van der Waals surface area contributed by atoms with E-state index in [4.69, 9.17) is 0 Å². The molecule has 4 rings (SSSR count). The number of amides is 1. The van der Waals surface area contributed by atoms with Gasteiger partial charge in [-0.25, -0.2) is 0 Å². The van der Waals surface area contributed by atoms with Crippen molar-refractivity contribution in [3.8, 4) is 17.1 Å². The molecule has 1 amide bonds. The van der Waals surface area contributed by atoms with Gasteiger partial charge in [-0.1, -0.05) is 49.9 Å². The second kappa shape index (κ2) is 10.6. The molecule has 0 aliphatic carbocycles. The van der Waals surface area contributed by atoms with E-state index in [1.165, 1.54) is 22.2 Å². The zero-order valence-electron chi connectivity index (χ0n) is 18.1. The van der Waals surface area contributed by atoms with Gasteiger partial charge in [-0.3, -0.25) is 14.3 Å². The number of benzene rings is 1. The highest BCUT2D eigenvalue weighted by Crippen LogP contribution is 2.31. The molecule has 6 nitrogen and oxygen atoms in total. The zero-order valence-corrected chi connectivity index (χ0v) is 19.7. The lowest BCUT2D eigenvalue weighted by atomic mass is 10.0. The Kier molecular flexibility index (Phi) is 7.34. The summed E-state index contributed by atoms with van der Waals surface area (Å²) in [7, 11) is 0. The van der Waals surface area contributed by atoms with Crippen LogP contribution in [0.2, 0.25) is 0 Å². The molecular weight excluding hydrogens is 438 g/mol. The molecule has 0 aliphatic rings. The number of hydrogen-bond acceptors (Lipinski definition) is 6. The molecule has 0 unspecified atom stereocenters. The summed E-state index contributed by atoms with van der Waals surface area (Å²) in [4.78, 5) is 18.0. The van der Waals surface area contributed by atoms with Gasteiger partial charge in [0.05, 0.1) is 11.4 Å². The second-order valence-corrected chi connectivity index (χ2v) is 9.54. The number of aromatic nitrogens is 4. The third-order valence-corrected chi connectivity index (χ3v) is 6.82. The maximum atomic E-state index is 12.4. The van der Waals surface area contributed by atoms with Crippen LogP contribution in [0.5, 0.6) is 0 Å². The number of thioether (sulfide) groups is 1. The fourth-order valence-corrected chi connectivity index (χ4v) is 4.89. The first-order valence-electron chi connectivity index (χ1n) is 10.5. The Bertz CT molecular complexity index is 1160. The molecule has 0 fully saturated rings. The maximum Gasteiger partial charge on any atom is 0.230 e. The van der Waals surface area contributed by atoms with Crippen LogP contribution < -0.4 is 5.32 Å².